The average molecular weight is 585 g/mol. The average Bonchev–Trinajstić information content (AvgIpc) is 3.75. The third-order valence-corrected chi connectivity index (χ3v) is 8.62. The second-order valence-corrected chi connectivity index (χ2v) is 11.3. The molecule has 1 aliphatic carbocycles. The van der Waals surface area contributed by atoms with Crippen LogP contribution in [0.25, 0.3) is 0 Å². The van der Waals surface area contributed by atoms with Gasteiger partial charge in [0.05, 0.1) is 36.8 Å². The molecule has 6 rings (SSSR count). The second-order valence-electron chi connectivity index (χ2n) is 11.3. The van der Waals surface area contributed by atoms with Gasteiger partial charge in [-0.1, -0.05) is 25.5 Å². The van der Waals surface area contributed by atoms with Gasteiger partial charge in [0.1, 0.15) is 17.9 Å². The number of anilines is 5. The summed E-state index contributed by atoms with van der Waals surface area (Å²) < 4.78 is 5.83. The Bertz CT molecular complexity index is 1440. The molecule has 11 heteroatoms. The number of benzene rings is 1. The summed E-state index contributed by atoms with van der Waals surface area (Å²) in [6.45, 7) is 9.97. The summed E-state index contributed by atoms with van der Waals surface area (Å²) in [4.78, 5) is 36.8. The van der Waals surface area contributed by atoms with Crippen LogP contribution >= 0.6 is 0 Å². The molecule has 2 aromatic heterocycles. The summed E-state index contributed by atoms with van der Waals surface area (Å²) >= 11 is 0. The highest BCUT2D eigenvalue weighted by Gasteiger charge is 2.30. The number of hydrogen-bond acceptors (Lipinski definition) is 10. The number of ether oxygens (including phenoxy) is 1. The summed E-state index contributed by atoms with van der Waals surface area (Å²) in [5.41, 5.74) is 4.32. The van der Waals surface area contributed by atoms with Crippen molar-refractivity contribution in [3.05, 3.63) is 66.8 Å². The molecule has 0 spiro atoms. The van der Waals surface area contributed by atoms with Gasteiger partial charge in [0.2, 0.25) is 5.91 Å². The highest BCUT2D eigenvalue weighted by molar-refractivity contribution is 6.02. The molecule has 1 atom stereocenters. The van der Waals surface area contributed by atoms with Gasteiger partial charge in [0, 0.05) is 62.7 Å². The number of carbonyl (C=O) groups excluding carboxylic acids is 1. The number of piperazine rings is 1. The van der Waals surface area contributed by atoms with Crippen LogP contribution in [0.15, 0.2) is 55.5 Å². The first-order valence-electron chi connectivity index (χ1n) is 15.1. The normalized spacial score (nSPS) is 19.4. The van der Waals surface area contributed by atoms with E-state index in [0.29, 0.717) is 41.4 Å². The molecule has 2 saturated heterocycles. The van der Waals surface area contributed by atoms with Gasteiger partial charge in [-0.05, 0) is 43.5 Å². The molecular weight excluding hydrogens is 544 g/mol. The number of carbonyl (C=O) groups is 1. The summed E-state index contributed by atoms with van der Waals surface area (Å²) in [6, 6.07) is 10.5. The number of amides is 1. The van der Waals surface area contributed by atoms with E-state index in [1.165, 1.54) is 38.1 Å². The Balaban J connectivity index is 1.24. The molecular formula is C32H40N8O3. The van der Waals surface area contributed by atoms with Crippen molar-refractivity contribution in [1.82, 2.24) is 19.9 Å². The van der Waals surface area contributed by atoms with E-state index < -0.39 is 0 Å². The fraction of sp³-hybridized carbons (Fsp3) is 0.438. The quantitative estimate of drug-likeness (QED) is 0.334. The van der Waals surface area contributed by atoms with E-state index >= 15 is 0 Å². The smallest absolute Gasteiger partial charge is 0.247 e. The highest BCUT2D eigenvalue weighted by atomic mass is 16.7. The van der Waals surface area contributed by atoms with E-state index in [-0.39, 0.29) is 11.9 Å². The van der Waals surface area contributed by atoms with Crippen LogP contribution < -0.4 is 25.3 Å². The van der Waals surface area contributed by atoms with E-state index in [1.54, 1.807) is 7.11 Å². The second kappa shape index (κ2) is 13.0. The minimum absolute atomic E-state index is 0.000441. The Morgan fingerprint density at radius 3 is 2.58 bits per heavy atom. The number of hydrogen-bond donors (Lipinski definition) is 2. The molecule has 0 bridgehead atoms. The molecule has 11 nitrogen and oxygen atoms in total. The SMILES string of the molecule is C=CC(=O)Nc1cc(Nc2cc(N3OCCC3c3ccc(C)nc3)ncn2)c(OC)cc1N1CCN(C2CCCC2)CC1. The van der Waals surface area contributed by atoms with Gasteiger partial charge in [-0.3, -0.25) is 19.5 Å². The molecule has 3 fully saturated rings. The molecule has 1 saturated carbocycles. The Hall–Kier alpha value is -4.22. The van der Waals surface area contributed by atoms with Crippen molar-refractivity contribution in [2.45, 2.75) is 51.1 Å². The van der Waals surface area contributed by atoms with Gasteiger partial charge >= 0.3 is 0 Å². The van der Waals surface area contributed by atoms with Crippen molar-refractivity contribution in [3.63, 3.8) is 0 Å². The van der Waals surface area contributed by atoms with Crippen molar-refractivity contribution in [2.75, 3.05) is 60.5 Å². The van der Waals surface area contributed by atoms with Gasteiger partial charge in [0.25, 0.3) is 0 Å². The van der Waals surface area contributed by atoms with Crippen LogP contribution in [0.2, 0.25) is 0 Å². The first-order chi connectivity index (χ1) is 21.0. The lowest BCUT2D eigenvalue weighted by Crippen LogP contribution is -2.49. The molecule has 2 aliphatic heterocycles. The molecule has 43 heavy (non-hydrogen) atoms. The summed E-state index contributed by atoms with van der Waals surface area (Å²) in [6.07, 6.45) is 10.8. The van der Waals surface area contributed by atoms with Gasteiger partial charge in [-0.15, -0.1) is 0 Å². The fourth-order valence-electron chi connectivity index (χ4n) is 6.33. The van der Waals surface area contributed by atoms with Gasteiger partial charge in [0.15, 0.2) is 5.82 Å². The largest absolute Gasteiger partial charge is 0.494 e. The maximum atomic E-state index is 12.5. The predicted octanol–water partition coefficient (Wildman–Crippen LogP) is 5.00. The number of pyridine rings is 1. The lowest BCUT2D eigenvalue weighted by atomic mass is 10.1. The van der Waals surface area contributed by atoms with Crippen LogP contribution in [0.1, 0.15) is 49.4 Å². The monoisotopic (exact) mass is 584 g/mol. The summed E-state index contributed by atoms with van der Waals surface area (Å²) in [5, 5.41) is 8.21. The first-order valence-corrected chi connectivity index (χ1v) is 15.1. The Morgan fingerprint density at radius 1 is 1.05 bits per heavy atom. The molecule has 1 amide bonds. The molecule has 0 radical (unpaired) electrons. The Kier molecular flexibility index (Phi) is 8.71. The highest BCUT2D eigenvalue weighted by Crippen LogP contribution is 2.40. The lowest BCUT2D eigenvalue weighted by molar-refractivity contribution is -0.111. The topological polar surface area (TPSA) is 108 Å². The number of aryl methyl sites for hydroxylation is 1. The summed E-state index contributed by atoms with van der Waals surface area (Å²) in [5.74, 6) is 1.58. The minimum Gasteiger partial charge on any atom is -0.494 e. The van der Waals surface area contributed by atoms with Gasteiger partial charge in [-0.25, -0.2) is 15.0 Å². The zero-order valence-corrected chi connectivity index (χ0v) is 25.0. The predicted molar refractivity (Wildman–Crippen MR) is 168 cm³/mol. The number of aromatic nitrogens is 3. The van der Waals surface area contributed by atoms with E-state index in [4.69, 9.17) is 9.57 Å². The van der Waals surface area contributed by atoms with E-state index in [0.717, 1.165) is 49.5 Å². The third kappa shape index (κ3) is 6.42. The molecule has 1 aromatic carbocycles. The van der Waals surface area contributed by atoms with E-state index in [1.807, 2.05) is 42.4 Å². The van der Waals surface area contributed by atoms with Crippen LogP contribution in [0.3, 0.4) is 0 Å². The number of hydroxylamine groups is 1. The maximum Gasteiger partial charge on any atom is 0.247 e. The zero-order valence-electron chi connectivity index (χ0n) is 25.0. The number of methoxy groups -OCH3 is 1. The molecule has 1 unspecified atom stereocenters. The molecule has 4 heterocycles. The van der Waals surface area contributed by atoms with Crippen molar-refractivity contribution >= 4 is 34.6 Å². The van der Waals surface area contributed by atoms with Crippen LogP contribution in [0.5, 0.6) is 5.75 Å². The van der Waals surface area contributed by atoms with Crippen molar-refractivity contribution in [3.8, 4) is 5.75 Å². The fourth-order valence-corrected chi connectivity index (χ4v) is 6.33. The molecule has 2 N–H and O–H groups in total. The molecule has 3 aliphatic rings. The van der Waals surface area contributed by atoms with E-state index in [9.17, 15) is 4.79 Å². The van der Waals surface area contributed by atoms with Crippen LogP contribution in [0, 0.1) is 6.92 Å². The number of nitrogens with one attached hydrogen (secondary N) is 2. The van der Waals surface area contributed by atoms with Gasteiger partial charge < -0.3 is 20.3 Å². The number of nitrogens with zero attached hydrogens (tertiary/aromatic N) is 6. The van der Waals surface area contributed by atoms with Gasteiger partial charge in [-0.2, -0.15) is 0 Å². The lowest BCUT2D eigenvalue weighted by Gasteiger charge is -2.40. The Labute approximate surface area is 252 Å². The van der Waals surface area contributed by atoms with E-state index in [2.05, 4.69) is 48.0 Å². The molecule has 3 aromatic rings. The first kappa shape index (κ1) is 28.9. The summed E-state index contributed by atoms with van der Waals surface area (Å²) in [7, 11) is 1.65. The molecule has 226 valence electrons. The van der Waals surface area contributed by atoms with Crippen LogP contribution in [-0.4, -0.2) is 71.7 Å². The Morgan fingerprint density at radius 2 is 1.86 bits per heavy atom. The standard InChI is InChI=1S/C32H40N8O3/c1-4-32(41)37-25-17-26(29(42-3)18-28(25)39-14-12-38(13-15-39)24-7-5-6-8-24)36-30-19-31(35-21-34-30)40-27(11-16-43-40)23-10-9-22(2)33-20-23/h4,9-10,17-21,24,27H,1,5-8,11-16H2,2-3H3,(H,37,41)(H,34,35,36). The number of rotatable bonds is 9. The van der Waals surface area contributed by atoms with Crippen LogP contribution in [0.4, 0.5) is 28.7 Å². The minimum atomic E-state index is -0.269. The van der Waals surface area contributed by atoms with Crippen molar-refractivity contribution in [2.24, 2.45) is 0 Å². The zero-order chi connectivity index (χ0) is 29.8. The third-order valence-electron chi connectivity index (χ3n) is 8.62. The van der Waals surface area contributed by atoms with Crippen molar-refractivity contribution < 1.29 is 14.4 Å². The van der Waals surface area contributed by atoms with Crippen LogP contribution in [-0.2, 0) is 9.63 Å². The van der Waals surface area contributed by atoms with Crippen molar-refractivity contribution in [1.29, 1.82) is 0 Å². The maximum absolute atomic E-state index is 12.5.